The van der Waals surface area contributed by atoms with Crippen LogP contribution in [0.15, 0.2) is 0 Å². The number of nitrogens with one attached hydrogen (secondary N) is 1. The number of rotatable bonds is 7. The average Bonchev–Trinajstić information content (AvgIpc) is 2.05. The lowest BCUT2D eigenvalue weighted by atomic mass is 10.2. The molecule has 0 bridgehead atoms. The SMILES string of the molecule is [CH2]CCC(=O)NCCCCCC. The van der Waals surface area contributed by atoms with Gasteiger partial charge in [-0.2, -0.15) is 0 Å². The van der Waals surface area contributed by atoms with E-state index in [0.29, 0.717) is 12.8 Å². The zero-order valence-corrected chi connectivity index (χ0v) is 8.07. The van der Waals surface area contributed by atoms with Gasteiger partial charge in [0.05, 0.1) is 0 Å². The maximum atomic E-state index is 10.9. The van der Waals surface area contributed by atoms with Crippen LogP contribution in [-0.2, 0) is 4.79 Å². The average molecular weight is 170 g/mol. The third-order valence-corrected chi connectivity index (χ3v) is 1.76. The molecule has 0 saturated heterocycles. The zero-order valence-electron chi connectivity index (χ0n) is 8.07. The fourth-order valence-corrected chi connectivity index (χ4v) is 1.03. The fraction of sp³-hybridized carbons (Fsp3) is 0.800. The van der Waals surface area contributed by atoms with E-state index < -0.39 is 0 Å². The van der Waals surface area contributed by atoms with Crippen LogP contribution in [0.2, 0.25) is 0 Å². The lowest BCUT2D eigenvalue weighted by Gasteiger charge is -2.02. The van der Waals surface area contributed by atoms with Crippen molar-refractivity contribution in [1.82, 2.24) is 5.32 Å². The Morgan fingerprint density at radius 3 is 2.67 bits per heavy atom. The molecular weight excluding hydrogens is 150 g/mol. The van der Waals surface area contributed by atoms with E-state index in [9.17, 15) is 4.79 Å². The molecule has 2 heteroatoms. The summed E-state index contributed by atoms with van der Waals surface area (Å²) in [5, 5.41) is 2.86. The Morgan fingerprint density at radius 2 is 2.08 bits per heavy atom. The standard InChI is InChI=1S/C10H20NO/c1-3-5-6-7-9-11-10(12)8-4-2/h2-9H2,1H3,(H,11,12). The van der Waals surface area contributed by atoms with Crippen molar-refractivity contribution in [3.63, 3.8) is 0 Å². The summed E-state index contributed by atoms with van der Waals surface area (Å²) in [5.41, 5.74) is 0. The molecule has 0 aromatic rings. The van der Waals surface area contributed by atoms with Gasteiger partial charge >= 0.3 is 0 Å². The van der Waals surface area contributed by atoms with Crippen molar-refractivity contribution in [3.05, 3.63) is 6.92 Å². The van der Waals surface area contributed by atoms with E-state index in [1.165, 1.54) is 19.3 Å². The highest BCUT2D eigenvalue weighted by atomic mass is 16.1. The Hall–Kier alpha value is -0.530. The quantitative estimate of drug-likeness (QED) is 0.584. The van der Waals surface area contributed by atoms with Crippen molar-refractivity contribution >= 4 is 5.91 Å². The van der Waals surface area contributed by atoms with E-state index >= 15 is 0 Å². The van der Waals surface area contributed by atoms with Gasteiger partial charge in [0, 0.05) is 13.0 Å². The highest BCUT2D eigenvalue weighted by Gasteiger charge is 1.96. The number of hydrogen-bond donors (Lipinski definition) is 1. The van der Waals surface area contributed by atoms with E-state index in [-0.39, 0.29) is 5.91 Å². The Kier molecular flexibility index (Phi) is 8.19. The minimum Gasteiger partial charge on any atom is -0.356 e. The zero-order chi connectivity index (χ0) is 9.23. The van der Waals surface area contributed by atoms with Gasteiger partial charge in [-0.3, -0.25) is 4.79 Å². The van der Waals surface area contributed by atoms with Crippen LogP contribution in [0.25, 0.3) is 0 Å². The molecule has 0 rings (SSSR count). The van der Waals surface area contributed by atoms with Crippen LogP contribution in [0, 0.1) is 6.92 Å². The van der Waals surface area contributed by atoms with Gasteiger partial charge in [0.2, 0.25) is 5.91 Å². The maximum Gasteiger partial charge on any atom is 0.219 e. The van der Waals surface area contributed by atoms with Crippen LogP contribution >= 0.6 is 0 Å². The lowest BCUT2D eigenvalue weighted by Crippen LogP contribution is -2.23. The normalized spacial score (nSPS) is 9.83. The third-order valence-electron chi connectivity index (χ3n) is 1.76. The maximum absolute atomic E-state index is 10.9. The van der Waals surface area contributed by atoms with Gasteiger partial charge in [0.15, 0.2) is 0 Å². The largest absolute Gasteiger partial charge is 0.356 e. The summed E-state index contributed by atoms with van der Waals surface area (Å²) in [6.07, 6.45) is 6.10. The van der Waals surface area contributed by atoms with Gasteiger partial charge in [0.25, 0.3) is 0 Å². The van der Waals surface area contributed by atoms with E-state index in [4.69, 9.17) is 0 Å². The molecule has 1 radical (unpaired) electrons. The summed E-state index contributed by atoms with van der Waals surface area (Å²) in [4.78, 5) is 10.9. The fourth-order valence-electron chi connectivity index (χ4n) is 1.03. The summed E-state index contributed by atoms with van der Waals surface area (Å²) in [6, 6.07) is 0. The van der Waals surface area contributed by atoms with E-state index in [1.807, 2.05) is 0 Å². The van der Waals surface area contributed by atoms with Crippen molar-refractivity contribution in [3.8, 4) is 0 Å². The first-order valence-corrected chi connectivity index (χ1v) is 4.87. The van der Waals surface area contributed by atoms with E-state index in [0.717, 1.165) is 13.0 Å². The van der Waals surface area contributed by atoms with Gasteiger partial charge in [0.1, 0.15) is 0 Å². The Balaban J connectivity index is 3.03. The van der Waals surface area contributed by atoms with Crippen molar-refractivity contribution in [2.45, 2.75) is 45.4 Å². The molecule has 2 nitrogen and oxygen atoms in total. The molecule has 0 aliphatic carbocycles. The number of carbonyl (C=O) groups is 1. The van der Waals surface area contributed by atoms with Crippen LogP contribution in [0.5, 0.6) is 0 Å². The first-order chi connectivity index (χ1) is 5.81. The van der Waals surface area contributed by atoms with Crippen molar-refractivity contribution in [2.75, 3.05) is 6.54 Å². The highest BCUT2D eigenvalue weighted by Crippen LogP contribution is 1.97. The summed E-state index contributed by atoms with van der Waals surface area (Å²) < 4.78 is 0. The van der Waals surface area contributed by atoms with Crippen LogP contribution in [0.1, 0.15) is 45.4 Å². The van der Waals surface area contributed by atoms with E-state index in [2.05, 4.69) is 19.2 Å². The molecule has 0 unspecified atom stereocenters. The second-order valence-electron chi connectivity index (χ2n) is 3.01. The Bertz CT molecular complexity index is 112. The highest BCUT2D eigenvalue weighted by molar-refractivity contribution is 5.75. The second kappa shape index (κ2) is 8.57. The van der Waals surface area contributed by atoms with Gasteiger partial charge < -0.3 is 5.32 Å². The first kappa shape index (κ1) is 11.5. The first-order valence-electron chi connectivity index (χ1n) is 4.87. The molecule has 0 heterocycles. The number of amides is 1. The predicted octanol–water partition coefficient (Wildman–Crippen LogP) is 2.30. The van der Waals surface area contributed by atoms with E-state index in [1.54, 1.807) is 0 Å². The smallest absolute Gasteiger partial charge is 0.219 e. The minimum absolute atomic E-state index is 0.140. The molecule has 0 saturated carbocycles. The Morgan fingerprint density at radius 1 is 1.33 bits per heavy atom. The molecule has 0 spiro atoms. The molecule has 0 atom stereocenters. The monoisotopic (exact) mass is 170 g/mol. The molecule has 0 aromatic heterocycles. The lowest BCUT2D eigenvalue weighted by molar-refractivity contribution is -0.121. The minimum atomic E-state index is 0.140. The Labute approximate surface area is 75.7 Å². The molecule has 0 aliphatic heterocycles. The molecule has 12 heavy (non-hydrogen) atoms. The molecule has 71 valence electrons. The number of unbranched alkanes of at least 4 members (excludes halogenated alkanes) is 3. The van der Waals surface area contributed by atoms with Crippen LogP contribution in [0.4, 0.5) is 0 Å². The molecular formula is C10H20NO. The van der Waals surface area contributed by atoms with Gasteiger partial charge in [-0.1, -0.05) is 33.1 Å². The summed E-state index contributed by atoms with van der Waals surface area (Å²) in [6.45, 7) is 6.64. The van der Waals surface area contributed by atoms with Crippen LogP contribution in [-0.4, -0.2) is 12.5 Å². The van der Waals surface area contributed by atoms with Gasteiger partial charge in [-0.25, -0.2) is 0 Å². The number of carbonyl (C=O) groups excluding carboxylic acids is 1. The second-order valence-corrected chi connectivity index (χ2v) is 3.01. The summed E-state index contributed by atoms with van der Waals surface area (Å²) >= 11 is 0. The topological polar surface area (TPSA) is 29.1 Å². The molecule has 0 fully saturated rings. The third kappa shape index (κ3) is 7.58. The van der Waals surface area contributed by atoms with Crippen molar-refractivity contribution in [2.24, 2.45) is 0 Å². The van der Waals surface area contributed by atoms with Crippen molar-refractivity contribution in [1.29, 1.82) is 0 Å². The van der Waals surface area contributed by atoms with Gasteiger partial charge in [-0.05, 0) is 12.8 Å². The molecule has 0 aromatic carbocycles. The molecule has 1 amide bonds. The summed E-state index contributed by atoms with van der Waals surface area (Å²) in [7, 11) is 0. The van der Waals surface area contributed by atoms with Crippen LogP contribution in [0.3, 0.4) is 0 Å². The number of hydrogen-bond acceptors (Lipinski definition) is 1. The molecule has 1 N–H and O–H groups in total. The predicted molar refractivity (Wildman–Crippen MR) is 51.7 cm³/mol. The summed E-state index contributed by atoms with van der Waals surface area (Å²) in [5.74, 6) is 0.140. The van der Waals surface area contributed by atoms with Crippen LogP contribution < -0.4 is 5.32 Å². The van der Waals surface area contributed by atoms with Gasteiger partial charge in [-0.15, -0.1) is 0 Å². The van der Waals surface area contributed by atoms with Crippen molar-refractivity contribution < 1.29 is 4.79 Å². The molecule has 0 aliphatic rings.